The van der Waals surface area contributed by atoms with E-state index in [1.807, 2.05) is 18.2 Å². The lowest BCUT2D eigenvalue weighted by Gasteiger charge is -2.46. The fourth-order valence-corrected chi connectivity index (χ4v) is 7.00. The highest BCUT2D eigenvalue weighted by Crippen LogP contribution is 2.48. The van der Waals surface area contributed by atoms with Gasteiger partial charge >= 0.3 is 5.97 Å². The Morgan fingerprint density at radius 3 is 2.49 bits per heavy atom. The number of esters is 1. The van der Waals surface area contributed by atoms with Crippen LogP contribution < -0.4 is 5.32 Å². The average molecular weight is 659 g/mol. The Hall–Kier alpha value is -2.97. The quantitative estimate of drug-likeness (QED) is 0.126. The van der Waals surface area contributed by atoms with E-state index in [1.165, 1.54) is 24.3 Å². The molecule has 1 heterocycles. The van der Waals surface area contributed by atoms with Crippen molar-refractivity contribution in [2.75, 3.05) is 26.8 Å². The topological polar surface area (TPSA) is 65.4 Å². The third-order valence-electron chi connectivity index (χ3n) is 9.07. The van der Waals surface area contributed by atoms with Crippen LogP contribution in [0.1, 0.15) is 73.5 Å². The minimum atomic E-state index is -0.671. The molecule has 3 atom stereocenters. The number of carbonyl (C=O) groups excluding carboxylic acids is 1. The standard InChI is InChI=1S/C36H44FN3O3.2ClH/c1-24(2)34-30-15-14-29(37)22-28(30)16-18-36(34,43-33(41)23-42-5)19-21-38-20-17-26-10-12-27(13-11-26)25(3)35-39-31-8-6-7-9-32(31)40(35)4;;/h6-15,22,24-25,34,38H,16-21,23H2,1-5H3;2*1H/t25?,34-,36-;;/m0../s1. The lowest BCUT2D eigenvalue weighted by atomic mass is 9.65. The first-order valence-electron chi connectivity index (χ1n) is 15.4. The Bertz CT molecular complexity index is 1560. The highest BCUT2D eigenvalue weighted by atomic mass is 35.5. The van der Waals surface area contributed by atoms with E-state index >= 15 is 0 Å². The molecule has 0 fully saturated rings. The van der Waals surface area contributed by atoms with Crippen molar-refractivity contribution >= 4 is 41.8 Å². The van der Waals surface area contributed by atoms with Crippen molar-refractivity contribution in [3.63, 3.8) is 0 Å². The summed E-state index contributed by atoms with van der Waals surface area (Å²) in [6, 6.07) is 22.1. The summed E-state index contributed by atoms with van der Waals surface area (Å²) in [5.41, 5.74) is 6.11. The van der Waals surface area contributed by atoms with Crippen molar-refractivity contribution in [1.82, 2.24) is 14.9 Å². The number of benzene rings is 3. The van der Waals surface area contributed by atoms with Gasteiger partial charge in [-0.15, -0.1) is 24.8 Å². The smallest absolute Gasteiger partial charge is 0.332 e. The maximum absolute atomic E-state index is 14.0. The van der Waals surface area contributed by atoms with Crippen LogP contribution in [0.5, 0.6) is 0 Å². The highest BCUT2D eigenvalue weighted by molar-refractivity contribution is 5.85. The van der Waals surface area contributed by atoms with Crippen LogP contribution in [0.2, 0.25) is 0 Å². The maximum Gasteiger partial charge on any atom is 0.332 e. The van der Waals surface area contributed by atoms with Gasteiger partial charge in [-0.3, -0.25) is 0 Å². The molecule has 1 N–H and O–H groups in total. The lowest BCUT2D eigenvalue weighted by Crippen LogP contribution is -2.49. The minimum absolute atomic E-state index is 0. The molecule has 3 aromatic carbocycles. The monoisotopic (exact) mass is 657 g/mol. The summed E-state index contributed by atoms with van der Waals surface area (Å²) >= 11 is 0. The number of ether oxygens (including phenoxy) is 2. The number of aromatic nitrogens is 2. The van der Waals surface area contributed by atoms with E-state index < -0.39 is 5.60 Å². The van der Waals surface area contributed by atoms with Gasteiger partial charge in [0, 0.05) is 32.4 Å². The van der Waals surface area contributed by atoms with Crippen LogP contribution >= 0.6 is 24.8 Å². The van der Waals surface area contributed by atoms with E-state index in [0.29, 0.717) is 25.8 Å². The first-order chi connectivity index (χ1) is 20.7. The van der Waals surface area contributed by atoms with Gasteiger partial charge in [0.25, 0.3) is 0 Å². The number of fused-ring (bicyclic) bond motifs is 2. The summed E-state index contributed by atoms with van der Waals surface area (Å²) in [4.78, 5) is 17.6. The van der Waals surface area contributed by atoms with Gasteiger partial charge in [-0.25, -0.2) is 14.2 Å². The Morgan fingerprint density at radius 2 is 1.80 bits per heavy atom. The third-order valence-corrected chi connectivity index (χ3v) is 9.07. The molecule has 1 unspecified atom stereocenters. The lowest BCUT2D eigenvalue weighted by molar-refractivity contribution is -0.171. The molecule has 0 aliphatic heterocycles. The first kappa shape index (κ1) is 36.5. The van der Waals surface area contributed by atoms with Gasteiger partial charge in [0.05, 0.1) is 11.0 Å². The van der Waals surface area contributed by atoms with Crippen molar-refractivity contribution in [1.29, 1.82) is 0 Å². The Morgan fingerprint density at radius 1 is 1.07 bits per heavy atom. The number of para-hydroxylation sites is 2. The summed E-state index contributed by atoms with van der Waals surface area (Å²) < 4.78 is 27.5. The minimum Gasteiger partial charge on any atom is -0.457 e. The van der Waals surface area contributed by atoms with Crippen molar-refractivity contribution < 1.29 is 18.7 Å². The molecule has 4 aromatic rings. The van der Waals surface area contributed by atoms with Gasteiger partial charge < -0.3 is 19.4 Å². The normalized spacial score (nSPS) is 18.2. The summed E-state index contributed by atoms with van der Waals surface area (Å²) in [5.74, 6) is 0.861. The number of aryl methyl sites for hydroxylation is 2. The van der Waals surface area contributed by atoms with E-state index in [0.717, 1.165) is 41.0 Å². The van der Waals surface area contributed by atoms with Crippen LogP contribution in [-0.4, -0.2) is 47.9 Å². The van der Waals surface area contributed by atoms with Gasteiger partial charge in [0.15, 0.2) is 0 Å². The number of imidazole rings is 1. The molecule has 0 radical (unpaired) electrons. The molecule has 5 rings (SSSR count). The third kappa shape index (κ3) is 8.07. The molecule has 9 heteroatoms. The number of carbonyl (C=O) groups is 1. The number of hydrogen-bond donors (Lipinski definition) is 1. The summed E-state index contributed by atoms with van der Waals surface area (Å²) in [5, 5.41) is 3.59. The zero-order chi connectivity index (χ0) is 30.6. The van der Waals surface area contributed by atoms with Crippen molar-refractivity contribution in [3.8, 4) is 0 Å². The molecule has 0 bridgehead atoms. The first-order valence-corrected chi connectivity index (χ1v) is 15.4. The van der Waals surface area contributed by atoms with Crippen molar-refractivity contribution in [2.45, 2.75) is 63.9 Å². The fraction of sp³-hybridized carbons (Fsp3) is 0.444. The van der Waals surface area contributed by atoms with Crippen LogP contribution in [0.3, 0.4) is 0 Å². The number of halogens is 3. The van der Waals surface area contributed by atoms with Gasteiger partial charge in [-0.05, 0) is 84.8 Å². The predicted molar refractivity (Wildman–Crippen MR) is 183 cm³/mol. The Balaban J connectivity index is 0.00000276. The second kappa shape index (κ2) is 16.0. The molecule has 1 aliphatic carbocycles. The molecule has 1 aliphatic rings. The summed E-state index contributed by atoms with van der Waals surface area (Å²) in [7, 11) is 3.58. The van der Waals surface area contributed by atoms with Crippen molar-refractivity contribution in [2.24, 2.45) is 13.0 Å². The second-order valence-corrected chi connectivity index (χ2v) is 12.3. The molecular formula is C36H46Cl2FN3O3. The number of rotatable bonds is 12. The molecule has 0 saturated heterocycles. The SMILES string of the molecule is COCC(=O)O[C@]1(CCNCCc2ccc(C(C)c3nc4ccccc4n3C)cc2)CCc2cc(F)ccc2[C@@H]1C(C)C.Cl.Cl. The number of nitrogens with zero attached hydrogens (tertiary/aromatic N) is 2. The maximum atomic E-state index is 14.0. The van der Waals surface area contributed by atoms with Crippen LogP contribution in [0.15, 0.2) is 66.7 Å². The summed E-state index contributed by atoms with van der Waals surface area (Å²) in [6.45, 7) is 7.95. The van der Waals surface area contributed by atoms with Crippen LogP contribution in [-0.2, 0) is 34.2 Å². The zero-order valence-electron chi connectivity index (χ0n) is 26.8. The molecule has 0 spiro atoms. The second-order valence-electron chi connectivity index (χ2n) is 12.3. The molecule has 1 aromatic heterocycles. The van der Waals surface area contributed by atoms with E-state index in [2.05, 4.69) is 74.1 Å². The van der Waals surface area contributed by atoms with E-state index in [1.54, 1.807) is 6.07 Å². The highest BCUT2D eigenvalue weighted by Gasteiger charge is 2.47. The largest absolute Gasteiger partial charge is 0.457 e. The molecule has 6 nitrogen and oxygen atoms in total. The van der Waals surface area contributed by atoms with Crippen LogP contribution in [0, 0.1) is 11.7 Å². The van der Waals surface area contributed by atoms with Gasteiger partial charge in [0.2, 0.25) is 0 Å². The van der Waals surface area contributed by atoms with E-state index in [-0.39, 0.29) is 61.0 Å². The molecule has 0 saturated carbocycles. The molecule has 244 valence electrons. The van der Waals surface area contributed by atoms with E-state index in [9.17, 15) is 9.18 Å². The van der Waals surface area contributed by atoms with E-state index in [4.69, 9.17) is 14.5 Å². The van der Waals surface area contributed by atoms with Crippen LogP contribution in [0.4, 0.5) is 4.39 Å². The molecular weight excluding hydrogens is 612 g/mol. The predicted octanol–water partition coefficient (Wildman–Crippen LogP) is 7.54. The molecule has 0 amide bonds. The average Bonchev–Trinajstić information content (AvgIpc) is 3.33. The molecule has 45 heavy (non-hydrogen) atoms. The Kier molecular flexibility index (Phi) is 13.0. The van der Waals surface area contributed by atoms with Gasteiger partial charge in [-0.2, -0.15) is 0 Å². The summed E-state index contributed by atoms with van der Waals surface area (Å²) in [6.07, 6.45) is 2.91. The van der Waals surface area contributed by atoms with Crippen LogP contribution in [0.25, 0.3) is 11.0 Å². The number of hydrogen-bond acceptors (Lipinski definition) is 5. The fourth-order valence-electron chi connectivity index (χ4n) is 7.00. The Labute approximate surface area is 278 Å². The zero-order valence-corrected chi connectivity index (χ0v) is 28.5. The van der Waals surface area contributed by atoms with Gasteiger partial charge in [0.1, 0.15) is 23.8 Å². The van der Waals surface area contributed by atoms with Gasteiger partial charge in [-0.1, -0.05) is 63.2 Å². The number of methoxy groups -OCH3 is 1. The van der Waals surface area contributed by atoms with Crippen molar-refractivity contribution in [3.05, 3.63) is 101 Å². The number of nitrogens with one attached hydrogen (secondary N) is 1.